The van der Waals surface area contributed by atoms with Crippen LogP contribution in [0.5, 0.6) is 0 Å². The molecule has 4 rings (SSSR count). The first-order valence-electron chi connectivity index (χ1n) is 9.08. The number of hydrogen-bond acceptors (Lipinski definition) is 5. The van der Waals surface area contributed by atoms with Crippen molar-refractivity contribution in [2.24, 2.45) is 0 Å². The fraction of sp³-hybridized carbons (Fsp3) is 0.368. The number of carbonyl (C=O) groups is 3. The molecular weight excluding hydrogens is 444 g/mol. The highest BCUT2D eigenvalue weighted by molar-refractivity contribution is 9.11. The molecule has 3 heterocycles. The number of hydrogen-bond donors (Lipinski definition) is 2. The quantitative estimate of drug-likeness (QED) is 0.724. The molecular formula is C19H19BrN4O3S. The summed E-state index contributed by atoms with van der Waals surface area (Å²) < 4.78 is 0.654. The number of aromatic nitrogens is 1. The first-order valence-corrected chi connectivity index (χ1v) is 10.7. The van der Waals surface area contributed by atoms with E-state index in [9.17, 15) is 14.4 Å². The second-order valence-corrected chi connectivity index (χ2v) is 9.50. The Labute approximate surface area is 174 Å². The van der Waals surface area contributed by atoms with Crippen molar-refractivity contribution in [3.63, 3.8) is 0 Å². The summed E-state index contributed by atoms with van der Waals surface area (Å²) in [4.78, 5) is 44.8. The van der Waals surface area contributed by atoms with Gasteiger partial charge in [0.1, 0.15) is 11.7 Å². The minimum absolute atomic E-state index is 0.157. The average molecular weight is 463 g/mol. The highest BCUT2D eigenvalue weighted by Gasteiger charge is 2.38. The van der Waals surface area contributed by atoms with E-state index in [-0.39, 0.29) is 23.6 Å². The van der Waals surface area contributed by atoms with Gasteiger partial charge < -0.3 is 15.5 Å². The molecule has 2 aliphatic heterocycles. The lowest BCUT2D eigenvalue weighted by Gasteiger charge is -2.20. The van der Waals surface area contributed by atoms with Crippen molar-refractivity contribution in [1.29, 1.82) is 0 Å². The lowest BCUT2D eigenvalue weighted by molar-refractivity contribution is -0.119. The van der Waals surface area contributed by atoms with Crippen LogP contribution < -0.4 is 10.6 Å². The van der Waals surface area contributed by atoms with Crippen LogP contribution in [0.25, 0.3) is 0 Å². The third kappa shape index (κ3) is 3.33. The molecule has 0 aliphatic carbocycles. The summed E-state index contributed by atoms with van der Waals surface area (Å²) in [7, 11) is 0. The minimum atomic E-state index is -0.418. The Morgan fingerprint density at radius 2 is 2.18 bits per heavy atom. The van der Waals surface area contributed by atoms with Crippen LogP contribution in [-0.4, -0.2) is 40.2 Å². The molecule has 1 aromatic carbocycles. The van der Waals surface area contributed by atoms with Gasteiger partial charge in [-0.15, -0.1) is 11.3 Å². The van der Waals surface area contributed by atoms with E-state index in [1.165, 1.54) is 11.3 Å². The van der Waals surface area contributed by atoms with E-state index >= 15 is 0 Å². The SMILES string of the molecule is CC(C)c1sc(Br)nc1C(=O)Nc1ccc2c(c1)C(=O)N1CCCC1C(=O)N2. The molecule has 2 aliphatic rings. The first kappa shape index (κ1) is 19.1. The van der Waals surface area contributed by atoms with E-state index in [2.05, 4.69) is 31.5 Å². The van der Waals surface area contributed by atoms with Crippen molar-refractivity contribution in [1.82, 2.24) is 9.88 Å². The third-order valence-corrected chi connectivity index (χ3v) is 6.76. The van der Waals surface area contributed by atoms with Crippen LogP contribution in [0.1, 0.15) is 58.3 Å². The molecule has 146 valence electrons. The second kappa shape index (κ2) is 7.29. The Morgan fingerprint density at radius 3 is 2.93 bits per heavy atom. The molecule has 1 unspecified atom stereocenters. The summed E-state index contributed by atoms with van der Waals surface area (Å²) in [6.45, 7) is 4.58. The smallest absolute Gasteiger partial charge is 0.275 e. The lowest BCUT2D eigenvalue weighted by Crippen LogP contribution is -2.40. The van der Waals surface area contributed by atoms with Crippen LogP contribution in [0.3, 0.4) is 0 Å². The van der Waals surface area contributed by atoms with Crippen LogP contribution in [0.2, 0.25) is 0 Å². The molecule has 7 nitrogen and oxygen atoms in total. The molecule has 2 N–H and O–H groups in total. The highest BCUT2D eigenvalue weighted by atomic mass is 79.9. The van der Waals surface area contributed by atoms with Crippen LogP contribution >= 0.6 is 27.3 Å². The number of thiazole rings is 1. The Bertz CT molecular complexity index is 988. The van der Waals surface area contributed by atoms with Crippen molar-refractivity contribution in [2.75, 3.05) is 17.2 Å². The van der Waals surface area contributed by atoms with Gasteiger partial charge in [0.2, 0.25) is 5.91 Å². The zero-order valence-electron chi connectivity index (χ0n) is 15.4. The highest BCUT2D eigenvalue weighted by Crippen LogP contribution is 2.32. The van der Waals surface area contributed by atoms with Crippen LogP contribution in [0.15, 0.2) is 22.1 Å². The van der Waals surface area contributed by atoms with Gasteiger partial charge in [0.05, 0.1) is 11.3 Å². The summed E-state index contributed by atoms with van der Waals surface area (Å²) in [5.41, 5.74) is 1.73. The minimum Gasteiger partial charge on any atom is -0.327 e. The fourth-order valence-corrected chi connectivity index (χ4v) is 5.10. The fourth-order valence-electron chi connectivity index (χ4n) is 3.61. The van der Waals surface area contributed by atoms with E-state index in [4.69, 9.17) is 0 Å². The normalized spacial score (nSPS) is 18.6. The van der Waals surface area contributed by atoms with Crippen molar-refractivity contribution in [2.45, 2.75) is 38.6 Å². The summed E-state index contributed by atoms with van der Waals surface area (Å²) in [6.07, 6.45) is 1.48. The van der Waals surface area contributed by atoms with Gasteiger partial charge in [0.25, 0.3) is 11.8 Å². The number of rotatable bonds is 3. The maximum atomic E-state index is 12.9. The zero-order valence-corrected chi connectivity index (χ0v) is 17.8. The molecule has 28 heavy (non-hydrogen) atoms. The topological polar surface area (TPSA) is 91.4 Å². The van der Waals surface area contributed by atoms with E-state index < -0.39 is 6.04 Å². The number of amides is 3. The molecule has 1 atom stereocenters. The largest absolute Gasteiger partial charge is 0.327 e. The Hall–Kier alpha value is -2.26. The summed E-state index contributed by atoms with van der Waals surface area (Å²) in [5.74, 6) is -0.503. The average Bonchev–Trinajstić information content (AvgIpc) is 3.27. The molecule has 1 saturated heterocycles. The monoisotopic (exact) mass is 462 g/mol. The van der Waals surface area contributed by atoms with Gasteiger partial charge in [-0.1, -0.05) is 13.8 Å². The predicted octanol–water partition coefficient (Wildman–Crippen LogP) is 3.84. The molecule has 0 radical (unpaired) electrons. The van der Waals surface area contributed by atoms with Crippen LogP contribution in [0.4, 0.5) is 11.4 Å². The predicted molar refractivity (Wildman–Crippen MR) is 111 cm³/mol. The van der Waals surface area contributed by atoms with Crippen molar-refractivity contribution < 1.29 is 14.4 Å². The van der Waals surface area contributed by atoms with Crippen molar-refractivity contribution in [3.05, 3.63) is 38.3 Å². The summed E-state index contributed by atoms with van der Waals surface area (Å²) >= 11 is 4.77. The maximum Gasteiger partial charge on any atom is 0.275 e. The number of nitrogens with one attached hydrogen (secondary N) is 2. The van der Waals surface area contributed by atoms with Crippen LogP contribution in [-0.2, 0) is 4.79 Å². The molecule has 0 bridgehead atoms. The number of carbonyl (C=O) groups excluding carboxylic acids is 3. The molecule has 1 aromatic heterocycles. The maximum absolute atomic E-state index is 12.9. The van der Waals surface area contributed by atoms with Gasteiger partial charge in [-0.05, 0) is 52.9 Å². The number of fused-ring (bicyclic) bond motifs is 2. The molecule has 1 fully saturated rings. The second-order valence-electron chi connectivity index (χ2n) is 7.19. The number of benzene rings is 1. The first-order chi connectivity index (χ1) is 13.3. The zero-order chi connectivity index (χ0) is 20.0. The Kier molecular flexibility index (Phi) is 4.96. The summed E-state index contributed by atoms with van der Waals surface area (Å²) in [6, 6.07) is 4.53. The van der Waals surface area contributed by atoms with E-state index in [1.807, 2.05) is 13.8 Å². The van der Waals surface area contributed by atoms with Crippen molar-refractivity contribution >= 4 is 56.4 Å². The van der Waals surface area contributed by atoms with E-state index in [1.54, 1.807) is 23.1 Å². The Balaban J connectivity index is 1.63. The van der Waals surface area contributed by atoms with Gasteiger partial charge in [-0.2, -0.15) is 0 Å². The molecule has 9 heteroatoms. The molecule has 3 amide bonds. The molecule has 0 saturated carbocycles. The van der Waals surface area contributed by atoms with Gasteiger partial charge >= 0.3 is 0 Å². The number of halogens is 1. The van der Waals surface area contributed by atoms with Gasteiger partial charge in [0, 0.05) is 17.1 Å². The molecule has 2 aromatic rings. The molecule has 0 spiro atoms. The third-order valence-electron chi connectivity index (χ3n) is 4.95. The van der Waals surface area contributed by atoms with Gasteiger partial charge in [-0.3, -0.25) is 14.4 Å². The lowest BCUT2D eigenvalue weighted by atomic mass is 10.1. The Morgan fingerprint density at radius 1 is 1.39 bits per heavy atom. The van der Waals surface area contributed by atoms with Crippen LogP contribution in [0, 0.1) is 0 Å². The van der Waals surface area contributed by atoms with Crippen molar-refractivity contribution in [3.8, 4) is 0 Å². The standard InChI is InChI=1S/C19H19BrN4O3S/c1-9(2)15-14(23-19(20)28-15)17(26)21-10-5-6-12-11(8-10)18(27)24-7-3-4-13(24)16(25)22-12/h5-6,8-9,13H,3-4,7H2,1-2H3,(H,21,26)(H,22,25). The van der Waals surface area contributed by atoms with E-state index in [0.29, 0.717) is 39.5 Å². The van der Waals surface area contributed by atoms with Gasteiger partial charge in [0.15, 0.2) is 3.92 Å². The number of nitrogens with zero attached hydrogens (tertiary/aromatic N) is 2. The van der Waals surface area contributed by atoms with E-state index in [0.717, 1.165) is 11.3 Å². The summed E-state index contributed by atoms with van der Waals surface area (Å²) in [5, 5.41) is 5.66. The number of anilines is 2. The van der Waals surface area contributed by atoms with Gasteiger partial charge in [-0.25, -0.2) is 4.98 Å².